The first kappa shape index (κ1) is 14.1. The van der Waals surface area contributed by atoms with Gasteiger partial charge in [-0.25, -0.2) is 4.99 Å². The summed E-state index contributed by atoms with van der Waals surface area (Å²) < 4.78 is 17.2. The molecule has 6 rings (SSSR count). The predicted octanol–water partition coefficient (Wildman–Crippen LogP) is 2.10. The maximum atomic E-state index is 6.24. The SMILES string of the molecule is COc1ccc2nc(NC3=NC[C@@]4(CN5CCC4CC5)O3)oc2c1. The maximum absolute atomic E-state index is 6.24. The van der Waals surface area contributed by atoms with Gasteiger partial charge in [0, 0.05) is 18.5 Å². The third-order valence-electron chi connectivity index (χ3n) is 5.42. The van der Waals surface area contributed by atoms with E-state index in [1.54, 1.807) is 7.11 Å². The number of oxazole rings is 1. The van der Waals surface area contributed by atoms with Gasteiger partial charge in [-0.15, -0.1) is 0 Å². The van der Waals surface area contributed by atoms with Gasteiger partial charge < -0.3 is 13.9 Å². The zero-order valence-electron chi connectivity index (χ0n) is 13.6. The fraction of sp³-hybridized carbons (Fsp3) is 0.529. The van der Waals surface area contributed by atoms with Crippen molar-refractivity contribution in [1.82, 2.24) is 9.88 Å². The van der Waals surface area contributed by atoms with E-state index in [4.69, 9.17) is 13.9 Å². The first-order chi connectivity index (χ1) is 11.7. The Hall–Kier alpha value is -2.28. The Morgan fingerprint density at radius 1 is 1.33 bits per heavy atom. The Kier molecular flexibility index (Phi) is 3.00. The van der Waals surface area contributed by atoms with E-state index in [1.807, 2.05) is 18.2 Å². The normalized spacial score (nSPS) is 31.3. The number of aliphatic imine (C=N–C) groups is 1. The number of nitrogens with zero attached hydrogens (tertiary/aromatic N) is 3. The van der Waals surface area contributed by atoms with E-state index in [1.165, 1.54) is 25.9 Å². The molecule has 24 heavy (non-hydrogen) atoms. The largest absolute Gasteiger partial charge is 0.497 e. The van der Waals surface area contributed by atoms with Gasteiger partial charge in [-0.1, -0.05) is 0 Å². The van der Waals surface area contributed by atoms with Crippen LogP contribution in [-0.4, -0.2) is 54.8 Å². The fourth-order valence-corrected chi connectivity index (χ4v) is 4.12. The standard InChI is InChI=1S/C17H20N4O3/c1-22-12-2-3-13-14(8-12)23-16(19-13)20-15-18-9-17(24-15)10-21-6-4-11(17)5-7-21/h2-3,8,11H,4-7,9-10H2,1H3,(H,18,19,20)/t17-/m0/s1. The highest BCUT2D eigenvalue weighted by molar-refractivity contribution is 5.90. The molecule has 1 atom stereocenters. The van der Waals surface area contributed by atoms with Crippen LogP contribution in [0.5, 0.6) is 5.75 Å². The van der Waals surface area contributed by atoms with E-state index >= 15 is 0 Å². The Morgan fingerprint density at radius 3 is 2.96 bits per heavy atom. The molecular weight excluding hydrogens is 308 g/mol. The Bertz CT molecular complexity index is 809. The van der Waals surface area contributed by atoms with E-state index in [0.717, 1.165) is 17.8 Å². The highest BCUT2D eigenvalue weighted by atomic mass is 16.5. The third kappa shape index (κ3) is 2.15. The summed E-state index contributed by atoms with van der Waals surface area (Å²) in [5, 5.41) is 3.09. The predicted molar refractivity (Wildman–Crippen MR) is 89.5 cm³/mol. The summed E-state index contributed by atoms with van der Waals surface area (Å²) >= 11 is 0. The first-order valence-electron chi connectivity index (χ1n) is 8.41. The number of hydrogen-bond acceptors (Lipinski definition) is 7. The van der Waals surface area contributed by atoms with Crippen molar-refractivity contribution in [1.29, 1.82) is 0 Å². The van der Waals surface area contributed by atoms with Crippen molar-refractivity contribution in [2.45, 2.75) is 18.4 Å². The van der Waals surface area contributed by atoms with Gasteiger partial charge in [0.25, 0.3) is 6.02 Å². The van der Waals surface area contributed by atoms with Crippen LogP contribution in [0.4, 0.5) is 6.01 Å². The molecule has 1 spiro atoms. The van der Waals surface area contributed by atoms with Crippen molar-refractivity contribution in [2.24, 2.45) is 10.9 Å². The van der Waals surface area contributed by atoms with Crippen molar-refractivity contribution >= 4 is 23.1 Å². The number of benzene rings is 1. The Balaban J connectivity index is 1.34. The Morgan fingerprint density at radius 2 is 2.21 bits per heavy atom. The molecule has 0 saturated carbocycles. The molecule has 0 aliphatic carbocycles. The quantitative estimate of drug-likeness (QED) is 0.910. The third-order valence-corrected chi connectivity index (χ3v) is 5.42. The van der Waals surface area contributed by atoms with E-state index in [-0.39, 0.29) is 5.60 Å². The van der Waals surface area contributed by atoms with E-state index < -0.39 is 0 Å². The van der Waals surface area contributed by atoms with Gasteiger partial charge in [-0.3, -0.25) is 10.2 Å². The molecule has 3 saturated heterocycles. The molecule has 126 valence electrons. The van der Waals surface area contributed by atoms with Crippen LogP contribution >= 0.6 is 0 Å². The molecule has 3 fully saturated rings. The highest BCUT2D eigenvalue weighted by Gasteiger charge is 2.51. The van der Waals surface area contributed by atoms with Gasteiger partial charge in [-0.05, 0) is 38.1 Å². The summed E-state index contributed by atoms with van der Waals surface area (Å²) in [5.41, 5.74) is 1.29. The molecule has 7 nitrogen and oxygen atoms in total. The molecule has 5 heterocycles. The first-order valence-corrected chi connectivity index (χ1v) is 8.41. The second-order valence-corrected chi connectivity index (χ2v) is 6.82. The van der Waals surface area contributed by atoms with Gasteiger partial charge in [0.1, 0.15) is 16.9 Å². The van der Waals surface area contributed by atoms with Gasteiger partial charge in [0.15, 0.2) is 5.58 Å². The number of fused-ring (bicyclic) bond motifs is 3. The molecule has 1 aromatic carbocycles. The molecule has 1 aromatic heterocycles. The number of amidine groups is 1. The second kappa shape index (κ2) is 5.11. The van der Waals surface area contributed by atoms with E-state index in [0.29, 0.717) is 30.1 Å². The van der Waals surface area contributed by atoms with Crippen LogP contribution in [0.25, 0.3) is 11.1 Å². The van der Waals surface area contributed by atoms with E-state index in [9.17, 15) is 0 Å². The number of anilines is 1. The molecule has 7 heteroatoms. The summed E-state index contributed by atoms with van der Waals surface area (Å²) in [6.45, 7) is 4.05. The average molecular weight is 328 g/mol. The van der Waals surface area contributed by atoms with Crippen LogP contribution in [-0.2, 0) is 4.74 Å². The van der Waals surface area contributed by atoms with Crippen molar-refractivity contribution in [3.05, 3.63) is 18.2 Å². The van der Waals surface area contributed by atoms with Gasteiger partial charge in [0.05, 0.1) is 13.7 Å². The lowest BCUT2D eigenvalue weighted by Gasteiger charge is -2.50. The topological polar surface area (TPSA) is 72.1 Å². The number of piperidine rings is 3. The minimum absolute atomic E-state index is 0.159. The number of ether oxygens (including phenoxy) is 2. The molecule has 4 aliphatic heterocycles. The zero-order valence-corrected chi connectivity index (χ0v) is 13.6. The van der Waals surface area contributed by atoms with Crippen molar-refractivity contribution in [2.75, 3.05) is 38.6 Å². The van der Waals surface area contributed by atoms with Crippen molar-refractivity contribution in [3.8, 4) is 5.75 Å². The summed E-state index contributed by atoms with van der Waals surface area (Å²) in [6.07, 6.45) is 2.40. The van der Waals surface area contributed by atoms with Gasteiger partial charge >= 0.3 is 6.01 Å². The van der Waals surface area contributed by atoms with Crippen LogP contribution < -0.4 is 10.1 Å². The smallest absolute Gasteiger partial charge is 0.303 e. The number of methoxy groups -OCH3 is 1. The molecule has 0 radical (unpaired) electrons. The summed E-state index contributed by atoms with van der Waals surface area (Å²) in [4.78, 5) is 11.5. The number of hydrogen-bond donors (Lipinski definition) is 1. The van der Waals surface area contributed by atoms with Crippen LogP contribution in [0.15, 0.2) is 27.6 Å². The molecule has 2 aromatic rings. The lowest BCUT2D eigenvalue weighted by Crippen LogP contribution is -2.61. The summed E-state index contributed by atoms with van der Waals surface area (Å²) in [7, 11) is 1.63. The summed E-state index contributed by atoms with van der Waals surface area (Å²) in [6, 6.07) is 6.47. The minimum atomic E-state index is -0.159. The fourth-order valence-electron chi connectivity index (χ4n) is 4.12. The van der Waals surface area contributed by atoms with Crippen LogP contribution in [0.2, 0.25) is 0 Å². The van der Waals surface area contributed by atoms with Crippen molar-refractivity contribution < 1.29 is 13.9 Å². The lowest BCUT2D eigenvalue weighted by molar-refractivity contribution is -0.0829. The summed E-state index contributed by atoms with van der Waals surface area (Å²) in [5.74, 6) is 1.34. The number of nitrogens with one attached hydrogen (secondary N) is 1. The molecule has 4 aliphatic rings. The van der Waals surface area contributed by atoms with E-state index in [2.05, 4.69) is 20.2 Å². The average Bonchev–Trinajstić information content (AvgIpc) is 3.19. The van der Waals surface area contributed by atoms with Gasteiger partial charge in [-0.2, -0.15) is 4.98 Å². The Labute approximate surface area is 139 Å². The monoisotopic (exact) mass is 328 g/mol. The maximum Gasteiger partial charge on any atom is 0.303 e. The molecule has 1 N–H and O–H groups in total. The van der Waals surface area contributed by atoms with Crippen molar-refractivity contribution in [3.63, 3.8) is 0 Å². The number of aromatic nitrogens is 1. The van der Waals surface area contributed by atoms with Crippen LogP contribution in [0.1, 0.15) is 12.8 Å². The van der Waals surface area contributed by atoms with Crippen LogP contribution in [0, 0.1) is 5.92 Å². The number of rotatable bonds is 2. The minimum Gasteiger partial charge on any atom is -0.497 e. The molecule has 0 amide bonds. The van der Waals surface area contributed by atoms with Gasteiger partial charge in [0.2, 0.25) is 0 Å². The second-order valence-electron chi connectivity index (χ2n) is 6.82. The molecule has 2 bridgehead atoms. The van der Waals surface area contributed by atoms with Crippen LogP contribution in [0.3, 0.4) is 0 Å². The highest BCUT2D eigenvalue weighted by Crippen LogP contribution is 2.41. The lowest BCUT2D eigenvalue weighted by atomic mass is 9.75. The molecule has 0 unspecified atom stereocenters. The molecular formula is C17H20N4O3. The zero-order chi connectivity index (χ0) is 16.1.